The zero-order chi connectivity index (χ0) is 17.1. The van der Waals surface area contributed by atoms with Crippen molar-refractivity contribution in [3.8, 4) is 0 Å². The molecule has 0 aromatic heterocycles. The average Bonchev–Trinajstić information content (AvgIpc) is 2.88. The summed E-state index contributed by atoms with van der Waals surface area (Å²) in [5, 5.41) is -0.419. The van der Waals surface area contributed by atoms with Crippen LogP contribution in [0.3, 0.4) is 0 Å². The van der Waals surface area contributed by atoms with Gasteiger partial charge in [-0.3, -0.25) is 9.59 Å². The number of carbonyl (C=O) groups is 2. The monoisotopic (exact) mass is 352 g/mol. The standard InChI is InChI=1S/C17H21FN2O3S/c1-12-16(22)20(6-5-15(21)19-7-9-23-10-8-19)17(24-12)13-3-2-4-14(18)11-13/h2-4,11-12,17H,5-10H2,1H3/t12-,17-/m0/s1. The molecule has 2 saturated heterocycles. The van der Waals surface area contributed by atoms with Crippen molar-refractivity contribution in [3.63, 3.8) is 0 Å². The third-order valence-electron chi connectivity index (χ3n) is 4.31. The van der Waals surface area contributed by atoms with Crippen LogP contribution >= 0.6 is 11.8 Å². The van der Waals surface area contributed by atoms with E-state index in [9.17, 15) is 14.0 Å². The van der Waals surface area contributed by atoms with Crippen molar-refractivity contribution in [1.82, 2.24) is 9.80 Å². The number of rotatable bonds is 4. The number of carbonyl (C=O) groups excluding carboxylic acids is 2. The maximum Gasteiger partial charge on any atom is 0.236 e. The second-order valence-corrected chi connectivity index (χ2v) is 7.39. The van der Waals surface area contributed by atoms with Crippen LogP contribution in [0.4, 0.5) is 4.39 Å². The van der Waals surface area contributed by atoms with E-state index in [1.54, 1.807) is 15.9 Å². The molecular formula is C17H21FN2O3S. The molecule has 0 spiro atoms. The molecule has 0 N–H and O–H groups in total. The Morgan fingerprint density at radius 2 is 2.12 bits per heavy atom. The molecule has 2 aliphatic heterocycles. The first-order valence-corrected chi connectivity index (χ1v) is 9.07. The molecule has 0 radical (unpaired) electrons. The third-order valence-corrected chi connectivity index (χ3v) is 5.71. The van der Waals surface area contributed by atoms with Gasteiger partial charge in [-0.05, 0) is 24.6 Å². The molecule has 5 nitrogen and oxygen atoms in total. The van der Waals surface area contributed by atoms with Crippen molar-refractivity contribution in [3.05, 3.63) is 35.6 Å². The highest BCUT2D eigenvalue weighted by molar-refractivity contribution is 8.01. The Morgan fingerprint density at radius 3 is 2.83 bits per heavy atom. The Balaban J connectivity index is 1.67. The summed E-state index contributed by atoms with van der Waals surface area (Å²) in [6.07, 6.45) is 0.283. The first-order valence-electron chi connectivity index (χ1n) is 8.13. The summed E-state index contributed by atoms with van der Waals surface area (Å²) in [5.41, 5.74) is 0.761. The normalized spacial score (nSPS) is 24.5. The van der Waals surface area contributed by atoms with Gasteiger partial charge in [-0.15, -0.1) is 11.8 Å². The fourth-order valence-electron chi connectivity index (χ4n) is 3.01. The van der Waals surface area contributed by atoms with E-state index in [1.807, 2.05) is 13.0 Å². The number of hydrogen-bond acceptors (Lipinski definition) is 4. The minimum atomic E-state index is -0.315. The van der Waals surface area contributed by atoms with Crippen LogP contribution < -0.4 is 0 Å². The number of benzene rings is 1. The lowest BCUT2D eigenvalue weighted by molar-refractivity contribution is -0.136. The molecule has 2 heterocycles. The van der Waals surface area contributed by atoms with Crippen molar-refractivity contribution in [2.24, 2.45) is 0 Å². The molecule has 2 amide bonds. The van der Waals surface area contributed by atoms with Gasteiger partial charge in [0, 0.05) is 26.1 Å². The summed E-state index contributed by atoms with van der Waals surface area (Å²) < 4.78 is 18.8. The second-order valence-electron chi connectivity index (χ2n) is 5.96. The molecule has 3 rings (SSSR count). The van der Waals surface area contributed by atoms with Crippen LogP contribution in [0.25, 0.3) is 0 Å². The lowest BCUT2D eigenvalue weighted by atomic mass is 10.2. The van der Waals surface area contributed by atoms with E-state index < -0.39 is 0 Å². The van der Waals surface area contributed by atoms with Crippen molar-refractivity contribution in [2.45, 2.75) is 24.0 Å². The molecule has 1 aromatic rings. The van der Waals surface area contributed by atoms with Gasteiger partial charge in [0.25, 0.3) is 0 Å². The predicted molar refractivity (Wildman–Crippen MR) is 89.9 cm³/mol. The molecule has 0 unspecified atom stereocenters. The highest BCUT2D eigenvalue weighted by Crippen LogP contribution is 2.42. The van der Waals surface area contributed by atoms with Crippen LogP contribution in [-0.2, 0) is 14.3 Å². The van der Waals surface area contributed by atoms with Crippen LogP contribution in [0.2, 0.25) is 0 Å². The van der Waals surface area contributed by atoms with Crippen LogP contribution in [-0.4, -0.2) is 59.7 Å². The summed E-state index contributed by atoms with van der Waals surface area (Å²) in [6.45, 7) is 4.54. The highest BCUT2D eigenvalue weighted by Gasteiger charge is 2.38. The largest absolute Gasteiger partial charge is 0.378 e. The van der Waals surface area contributed by atoms with Gasteiger partial charge in [0.2, 0.25) is 11.8 Å². The van der Waals surface area contributed by atoms with Crippen molar-refractivity contribution < 1.29 is 18.7 Å². The van der Waals surface area contributed by atoms with E-state index >= 15 is 0 Å². The van der Waals surface area contributed by atoms with Crippen molar-refractivity contribution in [1.29, 1.82) is 0 Å². The first-order chi connectivity index (χ1) is 11.6. The first kappa shape index (κ1) is 17.2. The lowest BCUT2D eigenvalue weighted by Gasteiger charge is -2.29. The zero-order valence-corrected chi connectivity index (χ0v) is 14.4. The van der Waals surface area contributed by atoms with Gasteiger partial charge in [-0.1, -0.05) is 12.1 Å². The van der Waals surface area contributed by atoms with Crippen molar-refractivity contribution >= 4 is 23.6 Å². The molecule has 0 saturated carbocycles. The van der Waals surface area contributed by atoms with Gasteiger partial charge < -0.3 is 14.5 Å². The van der Waals surface area contributed by atoms with Gasteiger partial charge >= 0.3 is 0 Å². The predicted octanol–water partition coefficient (Wildman–Crippen LogP) is 2.04. The fourth-order valence-corrected chi connectivity index (χ4v) is 4.31. The second kappa shape index (κ2) is 7.53. The summed E-state index contributed by atoms with van der Waals surface area (Å²) in [4.78, 5) is 28.2. The number of hydrogen-bond donors (Lipinski definition) is 0. The smallest absolute Gasteiger partial charge is 0.236 e. The van der Waals surface area contributed by atoms with Crippen LogP contribution in [0.15, 0.2) is 24.3 Å². The minimum Gasteiger partial charge on any atom is -0.378 e. The Morgan fingerprint density at radius 1 is 1.38 bits per heavy atom. The van der Waals surface area contributed by atoms with Gasteiger partial charge in [-0.25, -0.2) is 4.39 Å². The molecule has 2 fully saturated rings. The molecule has 24 heavy (non-hydrogen) atoms. The third kappa shape index (κ3) is 3.72. The van der Waals surface area contributed by atoms with Crippen LogP contribution in [0.5, 0.6) is 0 Å². The Bertz CT molecular complexity index is 622. The molecule has 0 bridgehead atoms. The number of amides is 2. The van der Waals surface area contributed by atoms with E-state index in [2.05, 4.69) is 0 Å². The van der Waals surface area contributed by atoms with E-state index in [0.717, 1.165) is 5.56 Å². The minimum absolute atomic E-state index is 0.00374. The number of halogens is 1. The maximum absolute atomic E-state index is 13.5. The Hall–Kier alpha value is -1.60. The number of thioether (sulfide) groups is 1. The average molecular weight is 352 g/mol. The summed E-state index contributed by atoms with van der Waals surface area (Å²) in [5.74, 6) is -0.276. The van der Waals surface area contributed by atoms with Crippen LogP contribution in [0.1, 0.15) is 24.3 Å². The van der Waals surface area contributed by atoms with E-state index in [1.165, 1.54) is 23.9 Å². The molecular weight excluding hydrogens is 331 g/mol. The molecule has 1 aromatic carbocycles. The molecule has 2 aliphatic rings. The fraction of sp³-hybridized carbons (Fsp3) is 0.529. The quantitative estimate of drug-likeness (QED) is 0.832. The van der Waals surface area contributed by atoms with Gasteiger partial charge in [-0.2, -0.15) is 0 Å². The molecule has 7 heteroatoms. The summed E-state index contributed by atoms with van der Waals surface area (Å²) in [7, 11) is 0. The number of morpholine rings is 1. The SMILES string of the molecule is C[C@@H]1S[C@@H](c2cccc(F)c2)N(CCC(=O)N2CCOCC2)C1=O. The van der Waals surface area contributed by atoms with Gasteiger partial charge in [0.15, 0.2) is 0 Å². The number of nitrogens with zero attached hydrogens (tertiary/aromatic N) is 2. The topological polar surface area (TPSA) is 49.9 Å². The lowest BCUT2D eigenvalue weighted by Crippen LogP contribution is -2.42. The Labute approximate surface area is 145 Å². The van der Waals surface area contributed by atoms with E-state index in [4.69, 9.17) is 4.74 Å². The Kier molecular flexibility index (Phi) is 5.40. The zero-order valence-electron chi connectivity index (χ0n) is 13.6. The van der Waals surface area contributed by atoms with Gasteiger partial charge in [0.1, 0.15) is 11.2 Å². The molecule has 130 valence electrons. The summed E-state index contributed by atoms with van der Waals surface area (Å²) >= 11 is 1.50. The molecule has 2 atom stereocenters. The van der Waals surface area contributed by atoms with Crippen LogP contribution in [0, 0.1) is 5.82 Å². The van der Waals surface area contributed by atoms with Gasteiger partial charge in [0.05, 0.1) is 18.5 Å². The van der Waals surface area contributed by atoms with E-state index in [-0.39, 0.29) is 34.7 Å². The van der Waals surface area contributed by atoms with Crippen molar-refractivity contribution in [2.75, 3.05) is 32.8 Å². The summed E-state index contributed by atoms with van der Waals surface area (Å²) in [6, 6.07) is 6.32. The maximum atomic E-state index is 13.5. The van der Waals surface area contributed by atoms with E-state index in [0.29, 0.717) is 32.8 Å². The highest BCUT2D eigenvalue weighted by atomic mass is 32.2. The number of ether oxygens (including phenoxy) is 1. The molecule has 0 aliphatic carbocycles.